The van der Waals surface area contributed by atoms with Crippen molar-refractivity contribution >= 4 is 0 Å². The maximum atomic E-state index is 10.5. The number of hydrogen-bond acceptors (Lipinski definition) is 4. The molecular formula is C16H30O4. The summed E-state index contributed by atoms with van der Waals surface area (Å²) < 4.78 is 0. The van der Waals surface area contributed by atoms with Gasteiger partial charge in [0.05, 0.1) is 0 Å². The average molecular weight is 286 g/mol. The molecular weight excluding hydrogens is 256 g/mol. The van der Waals surface area contributed by atoms with Gasteiger partial charge >= 0.3 is 0 Å². The molecule has 2 aliphatic rings. The first-order chi connectivity index (χ1) is 9.62. The van der Waals surface area contributed by atoms with Gasteiger partial charge < -0.3 is 10.2 Å². The van der Waals surface area contributed by atoms with Gasteiger partial charge in [-0.25, -0.2) is 0 Å². The molecule has 20 heavy (non-hydrogen) atoms. The predicted octanol–water partition coefficient (Wildman–Crippen LogP) is 3.80. The SMILES string of the molecule is OC1(OOC2(O)CCCCCCC2)CCCCCCC1. The van der Waals surface area contributed by atoms with Crippen LogP contribution < -0.4 is 0 Å². The molecule has 4 nitrogen and oxygen atoms in total. The molecule has 0 amide bonds. The van der Waals surface area contributed by atoms with E-state index >= 15 is 0 Å². The third-order valence-corrected chi connectivity index (χ3v) is 4.62. The topological polar surface area (TPSA) is 58.9 Å². The molecule has 4 heteroatoms. The van der Waals surface area contributed by atoms with Crippen molar-refractivity contribution < 1.29 is 20.0 Å². The monoisotopic (exact) mass is 286 g/mol. The summed E-state index contributed by atoms with van der Waals surface area (Å²) >= 11 is 0. The van der Waals surface area contributed by atoms with Crippen LogP contribution in [0.25, 0.3) is 0 Å². The maximum absolute atomic E-state index is 10.5. The first-order valence-electron chi connectivity index (χ1n) is 8.44. The molecule has 2 rings (SSSR count). The fraction of sp³-hybridized carbons (Fsp3) is 1.00. The third kappa shape index (κ3) is 5.32. The molecule has 0 aromatic carbocycles. The summed E-state index contributed by atoms with van der Waals surface area (Å²) in [6, 6.07) is 0. The summed E-state index contributed by atoms with van der Waals surface area (Å²) in [5.41, 5.74) is 0. The van der Waals surface area contributed by atoms with Crippen LogP contribution in [0.2, 0.25) is 0 Å². The summed E-state index contributed by atoms with van der Waals surface area (Å²) in [5.74, 6) is -2.42. The zero-order valence-corrected chi connectivity index (χ0v) is 12.6. The molecule has 2 fully saturated rings. The quantitative estimate of drug-likeness (QED) is 0.470. The van der Waals surface area contributed by atoms with Gasteiger partial charge in [-0.05, 0) is 25.7 Å². The van der Waals surface area contributed by atoms with Gasteiger partial charge in [0.15, 0.2) is 11.6 Å². The van der Waals surface area contributed by atoms with E-state index in [1.807, 2.05) is 0 Å². The van der Waals surface area contributed by atoms with Gasteiger partial charge in [-0.2, -0.15) is 9.78 Å². The molecule has 0 aromatic heterocycles. The Morgan fingerprint density at radius 3 is 1.00 bits per heavy atom. The van der Waals surface area contributed by atoms with E-state index in [2.05, 4.69) is 0 Å². The van der Waals surface area contributed by atoms with Crippen molar-refractivity contribution in [3.63, 3.8) is 0 Å². The molecule has 2 saturated carbocycles. The Kier molecular flexibility index (Phi) is 6.27. The molecule has 0 unspecified atom stereocenters. The second-order valence-corrected chi connectivity index (χ2v) is 6.59. The Labute approximate surface area is 122 Å². The van der Waals surface area contributed by atoms with E-state index in [4.69, 9.17) is 9.78 Å². The zero-order chi connectivity index (χ0) is 14.3. The van der Waals surface area contributed by atoms with Crippen LogP contribution >= 0.6 is 0 Å². The first-order valence-corrected chi connectivity index (χ1v) is 8.44. The molecule has 0 spiro atoms. The molecule has 0 aliphatic heterocycles. The van der Waals surface area contributed by atoms with Crippen molar-refractivity contribution in [3.8, 4) is 0 Å². The van der Waals surface area contributed by atoms with Crippen LogP contribution in [0.15, 0.2) is 0 Å². The maximum Gasteiger partial charge on any atom is 0.199 e. The van der Waals surface area contributed by atoms with E-state index in [1.165, 1.54) is 12.8 Å². The van der Waals surface area contributed by atoms with Crippen molar-refractivity contribution in [1.29, 1.82) is 0 Å². The minimum atomic E-state index is -1.21. The van der Waals surface area contributed by atoms with E-state index in [0.29, 0.717) is 25.7 Å². The third-order valence-electron chi connectivity index (χ3n) is 4.62. The van der Waals surface area contributed by atoms with Crippen LogP contribution in [-0.2, 0) is 9.78 Å². The average Bonchev–Trinajstić information content (AvgIpc) is 2.38. The van der Waals surface area contributed by atoms with E-state index < -0.39 is 11.6 Å². The van der Waals surface area contributed by atoms with Crippen LogP contribution in [0, 0.1) is 0 Å². The van der Waals surface area contributed by atoms with Crippen molar-refractivity contribution in [1.82, 2.24) is 0 Å². The van der Waals surface area contributed by atoms with Crippen LogP contribution in [0.4, 0.5) is 0 Å². The van der Waals surface area contributed by atoms with E-state index in [9.17, 15) is 10.2 Å². The number of hydrogen-bond donors (Lipinski definition) is 2. The Morgan fingerprint density at radius 2 is 0.700 bits per heavy atom. The molecule has 0 radical (unpaired) electrons. The van der Waals surface area contributed by atoms with E-state index in [-0.39, 0.29) is 0 Å². The highest BCUT2D eigenvalue weighted by atomic mass is 17.2. The molecule has 0 heterocycles. The van der Waals surface area contributed by atoms with Gasteiger partial charge in [0, 0.05) is 25.7 Å². The summed E-state index contributed by atoms with van der Waals surface area (Å²) in [6.45, 7) is 0. The standard InChI is InChI=1S/C16H30O4/c17-15(11-7-3-1-4-8-12-15)19-20-16(18)13-9-5-2-6-10-14-16/h17-18H,1-14H2. The van der Waals surface area contributed by atoms with Crippen LogP contribution in [0.1, 0.15) is 89.9 Å². The van der Waals surface area contributed by atoms with Gasteiger partial charge in [0.2, 0.25) is 0 Å². The highest BCUT2D eigenvalue weighted by molar-refractivity contribution is 4.72. The van der Waals surface area contributed by atoms with Gasteiger partial charge in [-0.1, -0.05) is 38.5 Å². The minimum absolute atomic E-state index is 0.600. The zero-order valence-electron chi connectivity index (χ0n) is 12.6. The Balaban J connectivity index is 1.84. The molecule has 2 N–H and O–H groups in total. The first kappa shape index (κ1) is 16.2. The second-order valence-electron chi connectivity index (χ2n) is 6.59. The van der Waals surface area contributed by atoms with E-state index in [1.54, 1.807) is 0 Å². The fourth-order valence-corrected chi connectivity index (χ4v) is 3.24. The predicted molar refractivity (Wildman–Crippen MR) is 76.7 cm³/mol. The summed E-state index contributed by atoms with van der Waals surface area (Å²) in [7, 11) is 0. The van der Waals surface area contributed by atoms with Crippen LogP contribution in [-0.4, -0.2) is 21.8 Å². The van der Waals surface area contributed by atoms with Crippen molar-refractivity contribution in [2.24, 2.45) is 0 Å². The highest BCUT2D eigenvalue weighted by Crippen LogP contribution is 2.32. The lowest BCUT2D eigenvalue weighted by molar-refractivity contribution is -0.499. The van der Waals surface area contributed by atoms with Crippen LogP contribution in [0.3, 0.4) is 0 Å². The lowest BCUT2D eigenvalue weighted by atomic mass is 9.95. The van der Waals surface area contributed by atoms with Gasteiger partial charge in [-0.3, -0.25) is 0 Å². The fourth-order valence-electron chi connectivity index (χ4n) is 3.24. The smallest absolute Gasteiger partial charge is 0.199 e. The largest absolute Gasteiger partial charge is 0.363 e. The number of aliphatic hydroxyl groups is 2. The molecule has 2 aliphatic carbocycles. The normalized spacial score (nSPS) is 27.9. The molecule has 0 aromatic rings. The molecule has 0 atom stereocenters. The van der Waals surface area contributed by atoms with Crippen molar-refractivity contribution in [2.75, 3.05) is 0 Å². The lowest BCUT2D eigenvalue weighted by Gasteiger charge is -2.34. The lowest BCUT2D eigenvalue weighted by Crippen LogP contribution is -2.40. The Hall–Kier alpha value is -0.160. The second kappa shape index (κ2) is 7.74. The van der Waals surface area contributed by atoms with Crippen LogP contribution in [0.5, 0.6) is 0 Å². The Bertz CT molecular complexity index is 236. The van der Waals surface area contributed by atoms with Gasteiger partial charge in [0.25, 0.3) is 0 Å². The Morgan fingerprint density at radius 1 is 0.450 bits per heavy atom. The highest BCUT2D eigenvalue weighted by Gasteiger charge is 2.36. The summed E-state index contributed by atoms with van der Waals surface area (Å²) in [6.07, 6.45) is 13.2. The van der Waals surface area contributed by atoms with E-state index in [0.717, 1.165) is 51.4 Å². The molecule has 118 valence electrons. The number of rotatable bonds is 3. The summed E-state index contributed by atoms with van der Waals surface area (Å²) in [5, 5.41) is 21.0. The van der Waals surface area contributed by atoms with Gasteiger partial charge in [0.1, 0.15) is 0 Å². The van der Waals surface area contributed by atoms with Gasteiger partial charge in [-0.15, -0.1) is 0 Å². The minimum Gasteiger partial charge on any atom is -0.363 e. The molecule has 0 saturated heterocycles. The van der Waals surface area contributed by atoms with Crippen molar-refractivity contribution in [3.05, 3.63) is 0 Å². The molecule has 0 bridgehead atoms. The summed E-state index contributed by atoms with van der Waals surface area (Å²) in [4.78, 5) is 10.7. The van der Waals surface area contributed by atoms with Crippen molar-refractivity contribution in [2.45, 2.75) is 101 Å².